The van der Waals surface area contributed by atoms with Crippen molar-refractivity contribution in [1.29, 1.82) is 0 Å². The molecule has 4 heteroatoms. The highest BCUT2D eigenvalue weighted by Crippen LogP contribution is 2.17. The van der Waals surface area contributed by atoms with E-state index in [9.17, 15) is 5.11 Å². The zero-order valence-corrected chi connectivity index (χ0v) is 7.41. The summed E-state index contributed by atoms with van der Waals surface area (Å²) in [6, 6.07) is 5.26. The minimum absolute atomic E-state index is 0.577. The summed E-state index contributed by atoms with van der Waals surface area (Å²) in [7, 11) is 0. The largest absolute Gasteiger partial charge is 0.382 e. The van der Waals surface area contributed by atoms with Gasteiger partial charge >= 0.3 is 0 Å². The van der Waals surface area contributed by atoms with Crippen LogP contribution in [-0.2, 0) is 0 Å². The van der Waals surface area contributed by atoms with Gasteiger partial charge in [-0.15, -0.1) is 0 Å². The van der Waals surface area contributed by atoms with Crippen molar-refractivity contribution in [2.45, 2.75) is 6.10 Å². The number of nitrogens with zero attached hydrogens (tertiary/aromatic N) is 3. The molecule has 2 rings (SSSR count). The van der Waals surface area contributed by atoms with Gasteiger partial charge < -0.3 is 5.11 Å². The van der Waals surface area contributed by atoms with Gasteiger partial charge in [0.05, 0.1) is 5.69 Å². The lowest BCUT2D eigenvalue weighted by Crippen LogP contribution is -2.02. The number of aliphatic hydroxyl groups excluding tert-OH is 1. The molecule has 0 spiro atoms. The number of aromatic nitrogens is 3. The van der Waals surface area contributed by atoms with Gasteiger partial charge in [0.1, 0.15) is 12.4 Å². The van der Waals surface area contributed by atoms with Gasteiger partial charge in [0.2, 0.25) is 0 Å². The van der Waals surface area contributed by atoms with E-state index in [1.165, 1.54) is 6.33 Å². The minimum Gasteiger partial charge on any atom is -0.382 e. The van der Waals surface area contributed by atoms with Gasteiger partial charge in [0.15, 0.2) is 0 Å². The third-order valence-corrected chi connectivity index (χ3v) is 1.89. The Morgan fingerprint density at radius 3 is 2.71 bits per heavy atom. The van der Waals surface area contributed by atoms with Gasteiger partial charge in [-0.1, -0.05) is 6.07 Å². The summed E-state index contributed by atoms with van der Waals surface area (Å²) in [5, 5.41) is 9.86. The monoisotopic (exact) mass is 187 g/mol. The molecule has 0 saturated carbocycles. The lowest BCUT2D eigenvalue weighted by atomic mass is 10.1. The quantitative estimate of drug-likeness (QED) is 0.760. The lowest BCUT2D eigenvalue weighted by molar-refractivity contribution is 0.214. The predicted molar refractivity (Wildman–Crippen MR) is 50.3 cm³/mol. The molecule has 2 aromatic heterocycles. The molecular weight excluding hydrogens is 178 g/mol. The van der Waals surface area contributed by atoms with E-state index in [0.29, 0.717) is 5.69 Å². The number of rotatable bonds is 2. The van der Waals surface area contributed by atoms with E-state index in [1.807, 2.05) is 0 Å². The van der Waals surface area contributed by atoms with E-state index in [0.717, 1.165) is 5.56 Å². The maximum Gasteiger partial charge on any atom is 0.123 e. The standard InChI is InChI=1S/C10H9N3O/c14-10(8-2-1-4-11-6-8)9-3-5-12-7-13-9/h1-7,10,14H. The molecule has 1 unspecified atom stereocenters. The molecule has 2 aromatic rings. The Bertz CT molecular complexity index is 351. The fourth-order valence-electron chi connectivity index (χ4n) is 1.17. The number of pyridine rings is 1. The van der Waals surface area contributed by atoms with Crippen molar-refractivity contribution in [1.82, 2.24) is 15.0 Å². The molecule has 0 aliphatic heterocycles. The topological polar surface area (TPSA) is 58.9 Å². The van der Waals surface area contributed by atoms with Crippen LogP contribution in [-0.4, -0.2) is 20.1 Å². The maximum atomic E-state index is 9.86. The van der Waals surface area contributed by atoms with Gasteiger partial charge in [-0.05, 0) is 12.1 Å². The molecule has 0 bridgehead atoms. The molecular formula is C10H9N3O. The van der Waals surface area contributed by atoms with E-state index < -0.39 is 6.10 Å². The highest BCUT2D eigenvalue weighted by Gasteiger charge is 2.10. The first-order valence-corrected chi connectivity index (χ1v) is 4.22. The lowest BCUT2D eigenvalue weighted by Gasteiger charge is -2.08. The Balaban J connectivity index is 2.30. The maximum absolute atomic E-state index is 9.86. The van der Waals surface area contributed by atoms with Crippen LogP contribution >= 0.6 is 0 Å². The van der Waals surface area contributed by atoms with Crippen molar-refractivity contribution in [2.75, 3.05) is 0 Å². The van der Waals surface area contributed by atoms with Crippen LogP contribution < -0.4 is 0 Å². The molecule has 2 heterocycles. The summed E-state index contributed by atoms with van der Waals surface area (Å²) in [5.41, 5.74) is 1.30. The highest BCUT2D eigenvalue weighted by molar-refractivity contribution is 5.21. The summed E-state index contributed by atoms with van der Waals surface area (Å²) < 4.78 is 0. The molecule has 1 N–H and O–H groups in total. The third kappa shape index (κ3) is 1.75. The normalized spacial score (nSPS) is 12.4. The van der Waals surface area contributed by atoms with Gasteiger partial charge in [0.25, 0.3) is 0 Å². The van der Waals surface area contributed by atoms with Crippen LogP contribution in [0.4, 0.5) is 0 Å². The molecule has 1 atom stereocenters. The fraction of sp³-hybridized carbons (Fsp3) is 0.100. The highest BCUT2D eigenvalue weighted by atomic mass is 16.3. The Kier molecular flexibility index (Phi) is 2.46. The van der Waals surface area contributed by atoms with E-state index in [4.69, 9.17) is 0 Å². The Labute approximate surface area is 81.3 Å². The van der Waals surface area contributed by atoms with Crippen molar-refractivity contribution < 1.29 is 5.11 Å². The van der Waals surface area contributed by atoms with Crippen LogP contribution in [0.5, 0.6) is 0 Å². The second-order valence-corrected chi connectivity index (χ2v) is 2.82. The van der Waals surface area contributed by atoms with Crippen LogP contribution in [0.1, 0.15) is 17.4 Å². The van der Waals surface area contributed by atoms with E-state index in [-0.39, 0.29) is 0 Å². The van der Waals surface area contributed by atoms with E-state index in [2.05, 4.69) is 15.0 Å². The molecule has 4 nitrogen and oxygen atoms in total. The third-order valence-electron chi connectivity index (χ3n) is 1.89. The molecule has 14 heavy (non-hydrogen) atoms. The van der Waals surface area contributed by atoms with Gasteiger partial charge in [-0.3, -0.25) is 4.98 Å². The van der Waals surface area contributed by atoms with Crippen molar-refractivity contribution in [3.8, 4) is 0 Å². The van der Waals surface area contributed by atoms with Crippen molar-refractivity contribution >= 4 is 0 Å². The van der Waals surface area contributed by atoms with Crippen LogP contribution in [0.2, 0.25) is 0 Å². The molecule has 70 valence electrons. The Morgan fingerprint density at radius 1 is 1.14 bits per heavy atom. The molecule has 0 amide bonds. The summed E-state index contributed by atoms with van der Waals surface area (Å²) in [4.78, 5) is 11.7. The zero-order chi connectivity index (χ0) is 9.80. The first kappa shape index (κ1) is 8.77. The van der Waals surface area contributed by atoms with Crippen LogP contribution in [0.3, 0.4) is 0 Å². The van der Waals surface area contributed by atoms with E-state index in [1.54, 1.807) is 36.8 Å². The summed E-state index contributed by atoms with van der Waals surface area (Å²) in [5.74, 6) is 0. The Hall–Kier alpha value is -1.81. The number of hydrogen-bond donors (Lipinski definition) is 1. The smallest absolute Gasteiger partial charge is 0.123 e. The van der Waals surface area contributed by atoms with Crippen LogP contribution in [0.15, 0.2) is 43.1 Å². The summed E-state index contributed by atoms with van der Waals surface area (Å²) in [6.07, 6.45) is 5.56. The second kappa shape index (κ2) is 3.93. The van der Waals surface area contributed by atoms with Crippen LogP contribution in [0, 0.1) is 0 Å². The molecule has 0 fully saturated rings. The molecule has 0 saturated heterocycles. The van der Waals surface area contributed by atoms with E-state index >= 15 is 0 Å². The Morgan fingerprint density at radius 2 is 2.07 bits per heavy atom. The van der Waals surface area contributed by atoms with Crippen molar-refractivity contribution in [3.05, 3.63) is 54.4 Å². The average molecular weight is 187 g/mol. The minimum atomic E-state index is -0.730. The molecule has 0 aliphatic rings. The first-order chi connectivity index (χ1) is 6.88. The molecule has 0 radical (unpaired) electrons. The second-order valence-electron chi connectivity index (χ2n) is 2.82. The number of aliphatic hydroxyl groups is 1. The molecule has 0 aliphatic carbocycles. The van der Waals surface area contributed by atoms with Gasteiger partial charge in [0, 0.05) is 24.2 Å². The van der Waals surface area contributed by atoms with Gasteiger partial charge in [-0.25, -0.2) is 9.97 Å². The van der Waals surface area contributed by atoms with Gasteiger partial charge in [-0.2, -0.15) is 0 Å². The predicted octanol–water partition coefficient (Wildman–Crippen LogP) is 0.953. The van der Waals surface area contributed by atoms with Crippen LogP contribution in [0.25, 0.3) is 0 Å². The number of hydrogen-bond acceptors (Lipinski definition) is 4. The molecule has 0 aromatic carbocycles. The first-order valence-electron chi connectivity index (χ1n) is 4.22. The zero-order valence-electron chi connectivity index (χ0n) is 7.41. The average Bonchev–Trinajstić information content (AvgIpc) is 2.30. The summed E-state index contributed by atoms with van der Waals surface area (Å²) in [6.45, 7) is 0. The van der Waals surface area contributed by atoms with Crippen molar-refractivity contribution in [2.24, 2.45) is 0 Å². The SMILES string of the molecule is OC(c1cccnc1)c1ccncn1. The summed E-state index contributed by atoms with van der Waals surface area (Å²) >= 11 is 0. The van der Waals surface area contributed by atoms with Crippen molar-refractivity contribution in [3.63, 3.8) is 0 Å². The fourth-order valence-corrected chi connectivity index (χ4v) is 1.17.